The third-order valence-corrected chi connectivity index (χ3v) is 3.57. The van der Waals surface area contributed by atoms with Gasteiger partial charge in [-0.1, -0.05) is 0 Å². The lowest BCUT2D eigenvalue weighted by Gasteiger charge is -2.22. The van der Waals surface area contributed by atoms with Crippen LogP contribution < -0.4 is 13.1 Å². The van der Waals surface area contributed by atoms with Crippen LogP contribution >= 0.6 is 23.0 Å². The molecule has 21 heavy (non-hydrogen) atoms. The van der Waals surface area contributed by atoms with E-state index in [1.807, 2.05) is 0 Å². The van der Waals surface area contributed by atoms with Crippen molar-refractivity contribution in [3.8, 4) is 22.6 Å². The summed E-state index contributed by atoms with van der Waals surface area (Å²) in [6, 6.07) is 4.97. The average Bonchev–Trinajstić information content (AvgIpc) is 2.47. The molecule has 0 aliphatic carbocycles. The normalized spacial score (nSPS) is 12.0. The number of carbonyl (C=O) groups excluding carboxylic acids is 1. The van der Waals surface area contributed by atoms with Gasteiger partial charge in [-0.3, -0.25) is 4.79 Å². The standard InChI is InChI=1S/C14H10FIN2O3/c1-7(19)18-12-4-10-8(5-17-12)6-20-14-9(10)2-3-11(21-16)13(14)15/h2-5H,6H2,1H3,(H,17,18,19). The summed E-state index contributed by atoms with van der Waals surface area (Å²) < 4.78 is 24.6. The van der Waals surface area contributed by atoms with Crippen molar-refractivity contribution in [1.29, 1.82) is 0 Å². The Labute approximate surface area is 134 Å². The van der Waals surface area contributed by atoms with Crippen LogP contribution in [-0.4, -0.2) is 10.9 Å². The Morgan fingerprint density at radius 3 is 3.00 bits per heavy atom. The molecule has 1 amide bonds. The minimum absolute atomic E-state index is 0.119. The molecule has 108 valence electrons. The number of aromatic nitrogens is 1. The number of nitrogens with one attached hydrogen (secondary N) is 1. The fourth-order valence-electron chi connectivity index (χ4n) is 2.20. The van der Waals surface area contributed by atoms with E-state index in [-0.39, 0.29) is 24.0 Å². The smallest absolute Gasteiger partial charge is 0.222 e. The maximum atomic E-state index is 14.2. The average molecular weight is 400 g/mol. The minimum atomic E-state index is -0.537. The van der Waals surface area contributed by atoms with Crippen LogP contribution in [0.15, 0.2) is 24.4 Å². The second kappa shape index (κ2) is 5.47. The lowest BCUT2D eigenvalue weighted by molar-refractivity contribution is -0.114. The van der Waals surface area contributed by atoms with Crippen molar-refractivity contribution < 1.29 is 17.0 Å². The van der Waals surface area contributed by atoms with E-state index in [2.05, 4.69) is 10.3 Å². The molecule has 7 heteroatoms. The number of pyridine rings is 1. The molecule has 2 heterocycles. The van der Waals surface area contributed by atoms with E-state index in [0.717, 1.165) is 11.1 Å². The maximum absolute atomic E-state index is 14.2. The zero-order valence-corrected chi connectivity index (χ0v) is 13.1. The summed E-state index contributed by atoms with van der Waals surface area (Å²) >= 11 is 1.62. The van der Waals surface area contributed by atoms with Crippen LogP contribution in [0.2, 0.25) is 0 Å². The van der Waals surface area contributed by atoms with Crippen molar-refractivity contribution >= 4 is 34.7 Å². The maximum Gasteiger partial charge on any atom is 0.222 e. The largest absolute Gasteiger partial charge is 0.485 e. The molecule has 0 fully saturated rings. The molecule has 0 radical (unpaired) electrons. The van der Waals surface area contributed by atoms with Gasteiger partial charge < -0.3 is 13.1 Å². The van der Waals surface area contributed by atoms with Crippen molar-refractivity contribution in [3.63, 3.8) is 0 Å². The highest BCUT2D eigenvalue weighted by molar-refractivity contribution is 14.1. The van der Waals surface area contributed by atoms with E-state index in [1.54, 1.807) is 41.3 Å². The van der Waals surface area contributed by atoms with E-state index in [4.69, 9.17) is 7.80 Å². The van der Waals surface area contributed by atoms with Crippen molar-refractivity contribution in [1.82, 2.24) is 4.98 Å². The fraction of sp³-hybridized carbons (Fsp3) is 0.143. The molecule has 0 spiro atoms. The molecule has 1 aromatic carbocycles. The van der Waals surface area contributed by atoms with Crippen molar-refractivity contribution in [2.24, 2.45) is 0 Å². The third-order valence-electron chi connectivity index (χ3n) is 3.10. The molecule has 3 rings (SSSR count). The summed E-state index contributed by atoms with van der Waals surface area (Å²) in [6.45, 7) is 1.62. The van der Waals surface area contributed by atoms with Gasteiger partial charge in [0, 0.05) is 24.2 Å². The molecule has 0 unspecified atom stereocenters. The highest BCUT2D eigenvalue weighted by Crippen LogP contribution is 2.42. The number of anilines is 1. The van der Waals surface area contributed by atoms with Gasteiger partial charge in [-0.15, -0.1) is 0 Å². The van der Waals surface area contributed by atoms with Gasteiger partial charge in [0.1, 0.15) is 12.4 Å². The summed E-state index contributed by atoms with van der Waals surface area (Å²) in [6.07, 6.45) is 1.62. The van der Waals surface area contributed by atoms with Crippen LogP contribution in [-0.2, 0) is 11.4 Å². The minimum Gasteiger partial charge on any atom is -0.485 e. The quantitative estimate of drug-likeness (QED) is 0.785. The molecule has 0 bridgehead atoms. The SMILES string of the molecule is CC(=O)Nc1cc2c(cn1)COc1c-2ccc(OI)c1F. The van der Waals surface area contributed by atoms with Gasteiger partial charge in [0.15, 0.2) is 34.5 Å². The first-order chi connectivity index (χ1) is 10.1. The van der Waals surface area contributed by atoms with Crippen LogP contribution in [0.25, 0.3) is 11.1 Å². The van der Waals surface area contributed by atoms with Gasteiger partial charge >= 0.3 is 0 Å². The predicted octanol–water partition coefficient (Wildman–Crippen LogP) is 3.47. The Hall–Kier alpha value is -1.90. The van der Waals surface area contributed by atoms with Gasteiger partial charge in [-0.2, -0.15) is 4.39 Å². The van der Waals surface area contributed by atoms with Crippen LogP contribution in [0, 0.1) is 5.82 Å². The molecular formula is C14H10FIN2O3. The number of hydrogen-bond donors (Lipinski definition) is 1. The molecule has 0 saturated heterocycles. The van der Waals surface area contributed by atoms with Crippen molar-refractivity contribution in [2.45, 2.75) is 13.5 Å². The first-order valence-corrected chi connectivity index (χ1v) is 6.99. The van der Waals surface area contributed by atoms with Gasteiger partial charge in [-0.25, -0.2) is 4.98 Å². The Kier molecular flexibility index (Phi) is 3.66. The Morgan fingerprint density at radius 1 is 1.48 bits per heavy atom. The molecule has 1 aliphatic heterocycles. The second-order valence-electron chi connectivity index (χ2n) is 4.53. The van der Waals surface area contributed by atoms with Crippen LogP contribution in [0.4, 0.5) is 10.2 Å². The first kappa shape index (κ1) is 14.1. The second-order valence-corrected chi connectivity index (χ2v) is 4.97. The summed E-state index contributed by atoms with van der Waals surface area (Å²) in [5.41, 5.74) is 2.23. The molecule has 0 saturated carbocycles. The van der Waals surface area contributed by atoms with Crippen LogP contribution in [0.5, 0.6) is 11.5 Å². The lowest BCUT2D eigenvalue weighted by Crippen LogP contribution is -2.11. The van der Waals surface area contributed by atoms with Crippen LogP contribution in [0.1, 0.15) is 12.5 Å². The topological polar surface area (TPSA) is 60.5 Å². The molecule has 5 nitrogen and oxygen atoms in total. The Morgan fingerprint density at radius 2 is 2.29 bits per heavy atom. The highest BCUT2D eigenvalue weighted by Gasteiger charge is 2.24. The van der Waals surface area contributed by atoms with Gasteiger partial charge in [0.05, 0.1) is 0 Å². The van der Waals surface area contributed by atoms with Crippen molar-refractivity contribution in [2.75, 3.05) is 5.32 Å². The monoisotopic (exact) mass is 400 g/mol. The summed E-state index contributed by atoms with van der Waals surface area (Å²) in [7, 11) is 0. The number of amides is 1. The molecule has 0 atom stereocenters. The zero-order chi connectivity index (χ0) is 15.0. The van der Waals surface area contributed by atoms with Gasteiger partial charge in [0.2, 0.25) is 11.7 Å². The molecule has 2 aromatic rings. The molecule has 1 aliphatic rings. The van der Waals surface area contributed by atoms with Gasteiger partial charge in [0.25, 0.3) is 0 Å². The fourth-order valence-corrected chi connectivity index (χ4v) is 2.54. The highest BCUT2D eigenvalue weighted by atomic mass is 127. The number of halogens is 2. The zero-order valence-electron chi connectivity index (χ0n) is 10.9. The third kappa shape index (κ3) is 2.53. The summed E-state index contributed by atoms with van der Waals surface area (Å²) in [5.74, 6) is -0.0608. The number of ether oxygens (including phenoxy) is 1. The molecular weight excluding hydrogens is 390 g/mol. The number of fused-ring (bicyclic) bond motifs is 3. The number of benzene rings is 1. The van der Waals surface area contributed by atoms with E-state index >= 15 is 0 Å². The van der Waals surface area contributed by atoms with Crippen LogP contribution in [0.3, 0.4) is 0 Å². The summed E-state index contributed by atoms with van der Waals surface area (Å²) in [5, 5.41) is 2.61. The van der Waals surface area contributed by atoms with Crippen molar-refractivity contribution in [3.05, 3.63) is 35.8 Å². The molecule has 1 N–H and O–H groups in total. The summed E-state index contributed by atoms with van der Waals surface area (Å²) in [4.78, 5) is 15.2. The van der Waals surface area contributed by atoms with E-state index in [0.29, 0.717) is 11.4 Å². The lowest BCUT2D eigenvalue weighted by atomic mass is 9.98. The Bertz CT molecular complexity index is 736. The number of nitrogens with zero attached hydrogens (tertiary/aromatic N) is 1. The van der Waals surface area contributed by atoms with E-state index in [1.165, 1.54) is 13.0 Å². The number of carbonyl (C=O) groups is 1. The van der Waals surface area contributed by atoms with E-state index < -0.39 is 5.82 Å². The predicted molar refractivity (Wildman–Crippen MR) is 82.9 cm³/mol. The van der Waals surface area contributed by atoms with E-state index in [9.17, 15) is 9.18 Å². The Balaban J connectivity index is 2.12. The van der Waals surface area contributed by atoms with Gasteiger partial charge in [-0.05, 0) is 23.8 Å². The number of hydrogen-bond acceptors (Lipinski definition) is 4. The first-order valence-electron chi connectivity index (χ1n) is 6.11. The molecule has 1 aromatic heterocycles. The number of rotatable bonds is 2.